The van der Waals surface area contributed by atoms with Crippen LogP contribution in [0.3, 0.4) is 0 Å². The van der Waals surface area contributed by atoms with Crippen molar-refractivity contribution in [3.63, 3.8) is 0 Å². The summed E-state index contributed by atoms with van der Waals surface area (Å²) in [6.45, 7) is 1.53. The minimum absolute atomic E-state index is 0.472. The molecule has 0 radical (unpaired) electrons. The Morgan fingerprint density at radius 3 is 2.26 bits per heavy atom. The number of para-hydroxylation sites is 1. The van der Waals surface area contributed by atoms with Crippen LogP contribution in [0.2, 0.25) is 0 Å². The topological polar surface area (TPSA) is 33.3 Å². The van der Waals surface area contributed by atoms with Crippen molar-refractivity contribution in [2.24, 2.45) is 0 Å². The van der Waals surface area contributed by atoms with Crippen LogP contribution in [-0.2, 0) is 17.9 Å². The second-order valence-corrected chi connectivity index (χ2v) is 6.23. The first kappa shape index (κ1) is 16.0. The molecule has 3 nitrogen and oxygen atoms in total. The molecule has 122 valence electrons. The molecule has 1 fully saturated rings. The SMILES string of the molecule is c1ccc(NNCc2ccc(COC3CCCCC3)cc2)cc1. The van der Waals surface area contributed by atoms with Crippen LogP contribution in [0, 0.1) is 0 Å². The summed E-state index contributed by atoms with van der Waals surface area (Å²) >= 11 is 0. The van der Waals surface area contributed by atoms with Gasteiger partial charge in [0.25, 0.3) is 0 Å². The maximum absolute atomic E-state index is 6.02. The van der Waals surface area contributed by atoms with Gasteiger partial charge in [-0.2, -0.15) is 0 Å². The second-order valence-electron chi connectivity index (χ2n) is 6.23. The maximum atomic E-state index is 6.02. The van der Waals surface area contributed by atoms with Crippen LogP contribution in [0.4, 0.5) is 5.69 Å². The lowest BCUT2D eigenvalue weighted by Crippen LogP contribution is -2.20. The van der Waals surface area contributed by atoms with E-state index < -0.39 is 0 Å². The van der Waals surface area contributed by atoms with E-state index in [0.717, 1.165) is 18.8 Å². The Hall–Kier alpha value is -1.84. The van der Waals surface area contributed by atoms with Crippen LogP contribution < -0.4 is 10.9 Å². The summed E-state index contributed by atoms with van der Waals surface area (Å²) in [6, 6.07) is 18.8. The van der Waals surface area contributed by atoms with Crippen molar-refractivity contribution in [2.45, 2.75) is 51.4 Å². The van der Waals surface area contributed by atoms with E-state index >= 15 is 0 Å². The monoisotopic (exact) mass is 310 g/mol. The average Bonchev–Trinajstić information content (AvgIpc) is 2.63. The third-order valence-corrected chi connectivity index (χ3v) is 4.36. The molecule has 0 bridgehead atoms. The van der Waals surface area contributed by atoms with Gasteiger partial charge in [0.1, 0.15) is 0 Å². The standard InChI is InChI=1S/C20H26N2O/c1-3-7-19(8-4-1)22-21-15-17-11-13-18(14-12-17)16-23-20-9-5-2-6-10-20/h1,3-4,7-8,11-14,20-22H,2,5-6,9-10,15-16H2. The molecule has 2 aromatic rings. The number of nitrogens with one attached hydrogen (secondary N) is 2. The highest BCUT2D eigenvalue weighted by Gasteiger charge is 2.13. The van der Waals surface area contributed by atoms with Crippen molar-refractivity contribution in [1.82, 2.24) is 5.43 Å². The Bertz CT molecular complexity index is 562. The minimum Gasteiger partial charge on any atom is -0.374 e. The minimum atomic E-state index is 0.472. The first-order valence-electron chi connectivity index (χ1n) is 8.63. The molecule has 23 heavy (non-hydrogen) atoms. The number of hydrogen-bond donors (Lipinski definition) is 2. The molecule has 0 atom stereocenters. The molecule has 3 rings (SSSR count). The van der Waals surface area contributed by atoms with Crippen LogP contribution in [0.15, 0.2) is 54.6 Å². The zero-order chi connectivity index (χ0) is 15.7. The highest BCUT2D eigenvalue weighted by molar-refractivity contribution is 5.41. The average molecular weight is 310 g/mol. The number of hydrazine groups is 1. The van der Waals surface area contributed by atoms with E-state index in [-0.39, 0.29) is 0 Å². The Balaban J connectivity index is 1.40. The number of benzene rings is 2. The van der Waals surface area contributed by atoms with Crippen molar-refractivity contribution >= 4 is 5.69 Å². The molecule has 0 unspecified atom stereocenters. The molecule has 1 aliphatic rings. The summed E-state index contributed by atoms with van der Waals surface area (Å²) in [6.07, 6.45) is 6.95. The van der Waals surface area contributed by atoms with Gasteiger partial charge in [0.15, 0.2) is 0 Å². The van der Waals surface area contributed by atoms with Gasteiger partial charge in [-0.3, -0.25) is 0 Å². The number of rotatable bonds is 7. The van der Waals surface area contributed by atoms with Gasteiger partial charge >= 0.3 is 0 Å². The molecule has 0 heterocycles. The predicted molar refractivity (Wildman–Crippen MR) is 95.0 cm³/mol. The van der Waals surface area contributed by atoms with E-state index in [1.165, 1.54) is 43.2 Å². The molecule has 0 spiro atoms. The van der Waals surface area contributed by atoms with Gasteiger partial charge in [-0.15, -0.1) is 0 Å². The number of anilines is 1. The van der Waals surface area contributed by atoms with Crippen molar-refractivity contribution in [3.05, 3.63) is 65.7 Å². The normalized spacial score (nSPS) is 15.5. The Morgan fingerprint density at radius 1 is 0.826 bits per heavy atom. The Labute approximate surface area is 139 Å². The molecule has 2 aromatic carbocycles. The third kappa shape index (κ3) is 5.38. The van der Waals surface area contributed by atoms with Crippen molar-refractivity contribution in [3.8, 4) is 0 Å². The molecule has 3 heteroatoms. The van der Waals surface area contributed by atoms with Crippen LogP contribution in [0.5, 0.6) is 0 Å². The van der Waals surface area contributed by atoms with E-state index in [2.05, 4.69) is 35.1 Å². The maximum Gasteiger partial charge on any atom is 0.0720 e. The highest BCUT2D eigenvalue weighted by atomic mass is 16.5. The lowest BCUT2D eigenvalue weighted by molar-refractivity contribution is 0.0168. The fraction of sp³-hybridized carbons (Fsp3) is 0.400. The largest absolute Gasteiger partial charge is 0.374 e. The van der Waals surface area contributed by atoms with E-state index in [1.54, 1.807) is 0 Å². The fourth-order valence-electron chi connectivity index (χ4n) is 2.97. The van der Waals surface area contributed by atoms with Gasteiger partial charge in [0, 0.05) is 12.2 Å². The summed E-state index contributed by atoms with van der Waals surface area (Å²) in [5, 5.41) is 0. The molecule has 0 aliphatic heterocycles. The lowest BCUT2D eigenvalue weighted by atomic mass is 9.98. The molecule has 0 aromatic heterocycles. The Kier molecular flexibility index (Phi) is 6.07. The van der Waals surface area contributed by atoms with Gasteiger partial charge < -0.3 is 10.2 Å². The van der Waals surface area contributed by atoms with Gasteiger partial charge in [-0.1, -0.05) is 61.7 Å². The van der Waals surface area contributed by atoms with Crippen LogP contribution in [-0.4, -0.2) is 6.10 Å². The lowest BCUT2D eigenvalue weighted by Gasteiger charge is -2.22. The Morgan fingerprint density at radius 2 is 1.52 bits per heavy atom. The highest BCUT2D eigenvalue weighted by Crippen LogP contribution is 2.21. The summed E-state index contributed by atoms with van der Waals surface area (Å²) in [5.74, 6) is 0. The first-order valence-corrected chi connectivity index (χ1v) is 8.63. The smallest absolute Gasteiger partial charge is 0.0720 e. The molecule has 0 amide bonds. The molecule has 1 aliphatic carbocycles. The van der Waals surface area contributed by atoms with Crippen LogP contribution in [0.1, 0.15) is 43.2 Å². The van der Waals surface area contributed by atoms with Crippen LogP contribution in [0.25, 0.3) is 0 Å². The zero-order valence-corrected chi connectivity index (χ0v) is 13.6. The molecule has 0 saturated heterocycles. The van der Waals surface area contributed by atoms with Crippen LogP contribution >= 0.6 is 0 Å². The van der Waals surface area contributed by atoms with E-state index in [4.69, 9.17) is 4.74 Å². The van der Waals surface area contributed by atoms with Gasteiger partial charge in [0.2, 0.25) is 0 Å². The predicted octanol–water partition coefficient (Wildman–Crippen LogP) is 4.65. The summed E-state index contributed by atoms with van der Waals surface area (Å²) in [7, 11) is 0. The van der Waals surface area contributed by atoms with E-state index in [9.17, 15) is 0 Å². The quantitative estimate of drug-likeness (QED) is 0.730. The van der Waals surface area contributed by atoms with Crippen molar-refractivity contribution in [2.75, 3.05) is 5.43 Å². The van der Waals surface area contributed by atoms with E-state index in [1.807, 2.05) is 30.3 Å². The van der Waals surface area contributed by atoms with Crippen molar-refractivity contribution < 1.29 is 4.74 Å². The third-order valence-electron chi connectivity index (χ3n) is 4.36. The summed E-state index contributed by atoms with van der Waals surface area (Å²) < 4.78 is 6.02. The summed E-state index contributed by atoms with van der Waals surface area (Å²) in [5.41, 5.74) is 10.0. The molecule has 2 N–H and O–H groups in total. The number of hydrogen-bond acceptors (Lipinski definition) is 3. The molecular weight excluding hydrogens is 284 g/mol. The summed E-state index contributed by atoms with van der Waals surface area (Å²) in [4.78, 5) is 0. The van der Waals surface area contributed by atoms with E-state index in [0.29, 0.717) is 6.10 Å². The zero-order valence-electron chi connectivity index (χ0n) is 13.6. The fourth-order valence-corrected chi connectivity index (χ4v) is 2.97. The van der Waals surface area contributed by atoms with Crippen molar-refractivity contribution in [1.29, 1.82) is 0 Å². The molecule has 1 saturated carbocycles. The second kappa shape index (κ2) is 8.70. The van der Waals surface area contributed by atoms with Gasteiger partial charge in [-0.05, 0) is 36.1 Å². The molecular formula is C20H26N2O. The van der Waals surface area contributed by atoms with Gasteiger partial charge in [-0.25, -0.2) is 5.43 Å². The first-order chi connectivity index (χ1) is 11.4. The number of ether oxygens (including phenoxy) is 1. The van der Waals surface area contributed by atoms with Gasteiger partial charge in [0.05, 0.1) is 12.7 Å².